The number of aryl methyl sites for hydroxylation is 2. The van der Waals surface area contributed by atoms with Crippen LogP contribution in [-0.2, 0) is 12.8 Å². The van der Waals surface area contributed by atoms with Gasteiger partial charge in [-0.3, -0.25) is 0 Å². The van der Waals surface area contributed by atoms with Crippen molar-refractivity contribution >= 4 is 0 Å². The summed E-state index contributed by atoms with van der Waals surface area (Å²) in [4.78, 5) is 1.44. The molecule has 11 heavy (non-hydrogen) atoms. The zero-order valence-electron chi connectivity index (χ0n) is 6.58. The van der Waals surface area contributed by atoms with Crippen LogP contribution in [0.3, 0.4) is 0 Å². The van der Waals surface area contributed by atoms with Crippen LogP contribution in [0.5, 0.6) is 0 Å². The van der Waals surface area contributed by atoms with Gasteiger partial charge in [0.15, 0.2) is 0 Å². The van der Waals surface area contributed by atoms with Crippen LogP contribution in [0.1, 0.15) is 30.5 Å². The lowest BCUT2D eigenvalue weighted by molar-refractivity contribution is 0.689. The van der Waals surface area contributed by atoms with E-state index >= 15 is 0 Å². The Bertz CT molecular complexity index is 228. The van der Waals surface area contributed by atoms with E-state index in [1.807, 2.05) is 6.20 Å². The maximum Gasteiger partial charge on any atom is 0.0677 e. The molecular weight excluding hydrogens is 138 g/mol. The highest BCUT2D eigenvalue weighted by Gasteiger charge is 2.10. The molecule has 0 unspecified atom stereocenters. The molecule has 60 valence electrons. The third kappa shape index (κ3) is 1.23. The molecule has 1 aromatic rings. The highest BCUT2D eigenvalue weighted by atomic mass is 15.5. The third-order valence-corrected chi connectivity index (χ3v) is 2.25. The monoisotopic (exact) mass is 151 g/mol. The van der Waals surface area contributed by atoms with Crippen LogP contribution in [0.4, 0.5) is 0 Å². The molecule has 1 aromatic heterocycles. The maximum absolute atomic E-state index is 5.51. The van der Waals surface area contributed by atoms with Crippen molar-refractivity contribution in [2.45, 2.75) is 32.1 Å². The first-order valence-electron chi connectivity index (χ1n) is 4.19. The highest BCUT2D eigenvalue weighted by Crippen LogP contribution is 2.17. The van der Waals surface area contributed by atoms with E-state index in [-0.39, 0.29) is 0 Å². The van der Waals surface area contributed by atoms with Crippen LogP contribution in [0, 0.1) is 0 Å². The van der Waals surface area contributed by atoms with Crippen molar-refractivity contribution in [1.29, 1.82) is 0 Å². The van der Waals surface area contributed by atoms with Crippen molar-refractivity contribution in [2.24, 2.45) is 0 Å². The Balaban J connectivity index is 2.32. The normalized spacial score (nSPS) is 17.5. The molecule has 1 aliphatic carbocycles. The Hall–Kier alpha value is -0.990. The topological polar surface area (TPSA) is 43.8 Å². The number of fused-ring (bicyclic) bond motifs is 1. The molecule has 0 saturated heterocycles. The summed E-state index contributed by atoms with van der Waals surface area (Å²) in [5, 5.41) is 4.21. The fourth-order valence-electron chi connectivity index (χ4n) is 1.67. The first-order chi connectivity index (χ1) is 5.36. The fraction of sp³-hybridized carbons (Fsp3) is 0.625. The van der Waals surface area contributed by atoms with Gasteiger partial charge >= 0.3 is 0 Å². The van der Waals surface area contributed by atoms with Crippen molar-refractivity contribution in [2.75, 3.05) is 5.84 Å². The van der Waals surface area contributed by atoms with E-state index in [1.165, 1.54) is 35.3 Å². The van der Waals surface area contributed by atoms with Gasteiger partial charge in [-0.2, -0.15) is 9.89 Å². The summed E-state index contributed by atoms with van der Waals surface area (Å²) in [7, 11) is 0. The summed E-state index contributed by atoms with van der Waals surface area (Å²) in [5.74, 6) is 5.51. The van der Waals surface area contributed by atoms with E-state index in [0.717, 1.165) is 12.8 Å². The molecule has 0 radical (unpaired) electrons. The van der Waals surface area contributed by atoms with Gasteiger partial charge in [0.1, 0.15) is 0 Å². The molecule has 0 aliphatic heterocycles. The largest absolute Gasteiger partial charge is 0.323 e. The Labute approximate surface area is 66.2 Å². The van der Waals surface area contributed by atoms with Gasteiger partial charge in [0.25, 0.3) is 0 Å². The zero-order valence-corrected chi connectivity index (χ0v) is 6.58. The van der Waals surface area contributed by atoms with Crippen LogP contribution >= 0.6 is 0 Å². The van der Waals surface area contributed by atoms with Crippen molar-refractivity contribution in [3.8, 4) is 0 Å². The van der Waals surface area contributed by atoms with Crippen molar-refractivity contribution in [3.63, 3.8) is 0 Å². The van der Waals surface area contributed by atoms with E-state index in [2.05, 4.69) is 5.10 Å². The molecule has 2 N–H and O–H groups in total. The summed E-state index contributed by atoms with van der Waals surface area (Å²) in [6.45, 7) is 0. The molecule has 3 heteroatoms. The predicted molar refractivity (Wildman–Crippen MR) is 43.6 cm³/mol. The Morgan fingerprint density at radius 1 is 1.27 bits per heavy atom. The second-order valence-electron chi connectivity index (χ2n) is 3.14. The van der Waals surface area contributed by atoms with Crippen LogP contribution in [0.25, 0.3) is 0 Å². The van der Waals surface area contributed by atoms with Crippen LogP contribution < -0.4 is 5.84 Å². The average molecular weight is 151 g/mol. The summed E-state index contributed by atoms with van der Waals surface area (Å²) >= 11 is 0. The third-order valence-electron chi connectivity index (χ3n) is 2.25. The number of aromatic nitrogens is 2. The quantitative estimate of drug-likeness (QED) is 0.441. The minimum Gasteiger partial charge on any atom is -0.323 e. The number of nitrogens with two attached hydrogens (primary N) is 1. The summed E-state index contributed by atoms with van der Waals surface area (Å²) in [5.41, 5.74) is 2.56. The maximum atomic E-state index is 5.51. The minimum atomic E-state index is 1.11. The Kier molecular flexibility index (Phi) is 1.56. The van der Waals surface area contributed by atoms with Gasteiger partial charge in [-0.15, -0.1) is 0 Å². The van der Waals surface area contributed by atoms with Gasteiger partial charge in [0.05, 0.1) is 11.9 Å². The van der Waals surface area contributed by atoms with E-state index in [4.69, 9.17) is 5.84 Å². The van der Waals surface area contributed by atoms with Crippen LogP contribution in [0.2, 0.25) is 0 Å². The van der Waals surface area contributed by atoms with Crippen molar-refractivity contribution in [3.05, 3.63) is 17.5 Å². The number of hydrogen-bond donors (Lipinski definition) is 1. The fourth-order valence-corrected chi connectivity index (χ4v) is 1.67. The van der Waals surface area contributed by atoms with Gasteiger partial charge in [-0.25, -0.2) is 0 Å². The van der Waals surface area contributed by atoms with Crippen LogP contribution in [0.15, 0.2) is 6.20 Å². The summed E-state index contributed by atoms with van der Waals surface area (Å²) < 4.78 is 0. The second-order valence-corrected chi connectivity index (χ2v) is 3.14. The number of rotatable bonds is 0. The average Bonchev–Trinajstić information content (AvgIpc) is 2.17. The van der Waals surface area contributed by atoms with Gasteiger partial charge in [0, 0.05) is 0 Å². The van der Waals surface area contributed by atoms with E-state index < -0.39 is 0 Å². The molecule has 0 atom stereocenters. The standard InChI is InChI=1S/C8H13N3/c9-11-6-7-4-2-1-3-5-8(7)10-11/h6H,1-5,9H2. The molecule has 0 fully saturated rings. The molecule has 0 saturated carbocycles. The lowest BCUT2D eigenvalue weighted by atomic mass is 10.2. The molecule has 0 spiro atoms. The van der Waals surface area contributed by atoms with Gasteiger partial charge < -0.3 is 5.84 Å². The first-order valence-corrected chi connectivity index (χ1v) is 4.19. The Morgan fingerprint density at radius 3 is 3.00 bits per heavy atom. The first kappa shape index (κ1) is 6.70. The lowest BCUT2D eigenvalue weighted by Gasteiger charge is -1.90. The van der Waals surface area contributed by atoms with Crippen LogP contribution in [-0.4, -0.2) is 9.89 Å². The molecule has 0 amide bonds. The van der Waals surface area contributed by atoms with Crippen molar-refractivity contribution in [1.82, 2.24) is 9.89 Å². The molecule has 2 rings (SSSR count). The summed E-state index contributed by atoms with van der Waals surface area (Å²) in [6, 6.07) is 0. The molecule has 0 aromatic carbocycles. The van der Waals surface area contributed by atoms with E-state index in [1.54, 1.807) is 0 Å². The number of nitrogen functional groups attached to an aromatic ring is 1. The zero-order chi connectivity index (χ0) is 7.68. The summed E-state index contributed by atoms with van der Waals surface area (Å²) in [6.07, 6.45) is 8.11. The predicted octanol–water partition coefficient (Wildman–Crippen LogP) is 0.866. The molecule has 0 bridgehead atoms. The molecule has 1 heterocycles. The van der Waals surface area contributed by atoms with Crippen molar-refractivity contribution < 1.29 is 0 Å². The number of hydrogen-bond acceptors (Lipinski definition) is 2. The molecule has 3 nitrogen and oxygen atoms in total. The SMILES string of the molecule is Nn1cc2c(n1)CCCCC2. The lowest BCUT2D eigenvalue weighted by Crippen LogP contribution is -2.08. The van der Waals surface area contributed by atoms with E-state index in [9.17, 15) is 0 Å². The molecular formula is C8H13N3. The number of nitrogens with zero attached hydrogens (tertiary/aromatic N) is 2. The highest BCUT2D eigenvalue weighted by molar-refractivity contribution is 5.18. The molecule has 1 aliphatic rings. The van der Waals surface area contributed by atoms with Gasteiger partial charge in [0.2, 0.25) is 0 Å². The van der Waals surface area contributed by atoms with Gasteiger partial charge in [-0.05, 0) is 31.2 Å². The Morgan fingerprint density at radius 2 is 2.09 bits per heavy atom. The van der Waals surface area contributed by atoms with Gasteiger partial charge in [-0.1, -0.05) is 6.42 Å². The minimum absolute atomic E-state index is 1.11. The smallest absolute Gasteiger partial charge is 0.0677 e. The van der Waals surface area contributed by atoms with E-state index in [0.29, 0.717) is 0 Å². The second kappa shape index (κ2) is 2.57.